The normalized spacial score (nSPS) is 10.1. The molecule has 0 aliphatic rings. The first-order valence-electron chi connectivity index (χ1n) is 5.48. The van der Waals surface area contributed by atoms with Crippen LogP contribution >= 0.6 is 22.9 Å². The van der Waals surface area contributed by atoms with Gasteiger partial charge in [0, 0.05) is 5.02 Å². The van der Waals surface area contributed by atoms with Gasteiger partial charge in [0.1, 0.15) is 10.6 Å². The van der Waals surface area contributed by atoms with Crippen LogP contribution in [0, 0.1) is 0 Å². The average Bonchev–Trinajstić information content (AvgIpc) is 2.86. The number of nitrogens with one attached hydrogen (secondary N) is 1. The number of carbonyl (C=O) groups excluding carboxylic acids is 1. The van der Waals surface area contributed by atoms with Gasteiger partial charge in [0.15, 0.2) is 0 Å². The molecule has 0 bridgehead atoms. The molecule has 0 spiro atoms. The van der Waals surface area contributed by atoms with Crippen LogP contribution in [0.1, 0.15) is 20.0 Å². The molecule has 2 rings (SSSR count). The van der Waals surface area contributed by atoms with Crippen LogP contribution in [0.3, 0.4) is 0 Å². The number of rotatable bonds is 4. The summed E-state index contributed by atoms with van der Waals surface area (Å²) in [5, 5.41) is 13.7. The number of amides is 1. The third-order valence-corrected chi connectivity index (χ3v) is 3.65. The molecule has 1 amide bonds. The maximum atomic E-state index is 12.1. The fourth-order valence-corrected chi connectivity index (χ4v) is 2.53. The molecule has 5 nitrogen and oxygen atoms in total. The van der Waals surface area contributed by atoms with E-state index in [2.05, 4.69) is 5.32 Å². The molecule has 0 radical (unpaired) electrons. The van der Waals surface area contributed by atoms with E-state index in [1.165, 1.54) is 36.6 Å². The SMILES string of the molecule is COc1ccsc1C(=O)Nc1cc(Cl)ccc1C(=O)O. The number of ether oxygens (including phenoxy) is 1. The predicted octanol–water partition coefficient (Wildman–Crippen LogP) is 3.36. The Labute approximate surface area is 123 Å². The van der Waals surface area contributed by atoms with Gasteiger partial charge in [-0.15, -0.1) is 11.3 Å². The minimum absolute atomic E-state index is 0.0294. The molecule has 1 aromatic carbocycles. The third-order valence-electron chi connectivity index (χ3n) is 2.52. The van der Waals surface area contributed by atoms with Crippen LogP contribution in [-0.2, 0) is 0 Å². The number of hydrogen-bond donors (Lipinski definition) is 2. The molecule has 20 heavy (non-hydrogen) atoms. The zero-order valence-electron chi connectivity index (χ0n) is 10.3. The minimum atomic E-state index is -1.14. The fraction of sp³-hybridized carbons (Fsp3) is 0.0769. The lowest BCUT2D eigenvalue weighted by atomic mass is 10.1. The van der Waals surface area contributed by atoms with Crippen molar-refractivity contribution < 1.29 is 19.4 Å². The highest BCUT2D eigenvalue weighted by atomic mass is 35.5. The van der Waals surface area contributed by atoms with Gasteiger partial charge >= 0.3 is 5.97 Å². The van der Waals surface area contributed by atoms with E-state index < -0.39 is 11.9 Å². The van der Waals surface area contributed by atoms with Gasteiger partial charge in [0.25, 0.3) is 5.91 Å². The Hall–Kier alpha value is -2.05. The molecule has 1 heterocycles. The van der Waals surface area contributed by atoms with Crippen molar-refractivity contribution in [1.29, 1.82) is 0 Å². The van der Waals surface area contributed by atoms with Crippen LogP contribution in [0.4, 0.5) is 5.69 Å². The maximum Gasteiger partial charge on any atom is 0.337 e. The number of methoxy groups -OCH3 is 1. The minimum Gasteiger partial charge on any atom is -0.495 e. The lowest BCUT2D eigenvalue weighted by molar-refractivity contribution is 0.0698. The smallest absolute Gasteiger partial charge is 0.337 e. The average molecular weight is 312 g/mol. The highest BCUT2D eigenvalue weighted by Crippen LogP contribution is 2.27. The number of thiophene rings is 1. The van der Waals surface area contributed by atoms with Gasteiger partial charge in [0.2, 0.25) is 0 Å². The number of benzene rings is 1. The summed E-state index contributed by atoms with van der Waals surface area (Å²) >= 11 is 7.02. The van der Waals surface area contributed by atoms with E-state index in [9.17, 15) is 9.59 Å². The first-order chi connectivity index (χ1) is 9.52. The van der Waals surface area contributed by atoms with Crippen molar-refractivity contribution in [2.24, 2.45) is 0 Å². The highest BCUT2D eigenvalue weighted by molar-refractivity contribution is 7.12. The van der Waals surface area contributed by atoms with E-state index >= 15 is 0 Å². The number of carbonyl (C=O) groups is 2. The second-order valence-electron chi connectivity index (χ2n) is 3.77. The van der Waals surface area contributed by atoms with E-state index in [0.29, 0.717) is 15.6 Å². The lowest BCUT2D eigenvalue weighted by Gasteiger charge is -2.09. The Morgan fingerprint density at radius 3 is 2.75 bits per heavy atom. The van der Waals surface area contributed by atoms with Crippen molar-refractivity contribution in [1.82, 2.24) is 0 Å². The number of hydrogen-bond acceptors (Lipinski definition) is 4. The van der Waals surface area contributed by atoms with Crippen molar-refractivity contribution in [3.63, 3.8) is 0 Å². The number of aromatic carboxylic acids is 1. The van der Waals surface area contributed by atoms with Crippen LogP contribution in [0.15, 0.2) is 29.6 Å². The summed E-state index contributed by atoms with van der Waals surface area (Å²) in [6.07, 6.45) is 0. The van der Waals surface area contributed by atoms with Crippen LogP contribution in [-0.4, -0.2) is 24.1 Å². The summed E-state index contributed by atoms with van der Waals surface area (Å²) in [6, 6.07) is 5.84. The molecule has 104 valence electrons. The zero-order valence-corrected chi connectivity index (χ0v) is 11.9. The highest BCUT2D eigenvalue weighted by Gasteiger charge is 2.17. The molecule has 0 saturated heterocycles. The van der Waals surface area contributed by atoms with Gasteiger partial charge in [-0.05, 0) is 29.6 Å². The molecule has 7 heteroatoms. The molecule has 1 aromatic heterocycles. The number of carboxylic acid groups (broad SMARTS) is 1. The Morgan fingerprint density at radius 1 is 1.35 bits per heavy atom. The van der Waals surface area contributed by atoms with Crippen molar-refractivity contribution >= 4 is 40.5 Å². The van der Waals surface area contributed by atoms with E-state index in [1.54, 1.807) is 11.4 Å². The molecule has 2 aromatic rings. The van der Waals surface area contributed by atoms with Crippen LogP contribution < -0.4 is 10.1 Å². The summed E-state index contributed by atoms with van der Waals surface area (Å²) in [5.41, 5.74) is 0.115. The molecule has 0 aliphatic carbocycles. The molecular weight excluding hydrogens is 302 g/mol. The van der Waals surface area contributed by atoms with Crippen LogP contribution in [0.5, 0.6) is 5.75 Å². The molecule has 2 N–H and O–H groups in total. The van der Waals surface area contributed by atoms with Gasteiger partial charge < -0.3 is 15.2 Å². The molecular formula is C13H10ClNO4S. The molecule has 0 aliphatic heterocycles. The van der Waals surface area contributed by atoms with Crippen molar-refractivity contribution in [3.8, 4) is 5.75 Å². The largest absolute Gasteiger partial charge is 0.495 e. The van der Waals surface area contributed by atoms with E-state index in [-0.39, 0.29) is 11.3 Å². The Kier molecular flexibility index (Phi) is 4.26. The van der Waals surface area contributed by atoms with Gasteiger partial charge in [-0.2, -0.15) is 0 Å². The lowest BCUT2D eigenvalue weighted by Crippen LogP contribution is -2.14. The fourth-order valence-electron chi connectivity index (χ4n) is 1.61. The van der Waals surface area contributed by atoms with Crippen LogP contribution in [0.2, 0.25) is 5.02 Å². The second kappa shape index (κ2) is 5.94. The topological polar surface area (TPSA) is 75.6 Å². The quantitative estimate of drug-likeness (QED) is 0.907. The third kappa shape index (κ3) is 2.92. The summed E-state index contributed by atoms with van der Waals surface area (Å²) in [5.74, 6) is -1.15. The summed E-state index contributed by atoms with van der Waals surface area (Å²) in [7, 11) is 1.46. The Morgan fingerprint density at radius 2 is 2.10 bits per heavy atom. The first kappa shape index (κ1) is 14.4. The first-order valence-corrected chi connectivity index (χ1v) is 6.74. The molecule has 0 atom stereocenters. The maximum absolute atomic E-state index is 12.1. The van der Waals surface area contributed by atoms with E-state index in [4.69, 9.17) is 21.4 Å². The van der Waals surface area contributed by atoms with E-state index in [0.717, 1.165) is 0 Å². The van der Waals surface area contributed by atoms with Crippen molar-refractivity contribution in [3.05, 3.63) is 45.1 Å². The van der Waals surface area contributed by atoms with Gasteiger partial charge in [-0.25, -0.2) is 4.79 Å². The summed E-state index contributed by atoms with van der Waals surface area (Å²) < 4.78 is 5.05. The van der Waals surface area contributed by atoms with Crippen molar-refractivity contribution in [2.45, 2.75) is 0 Å². The Balaban J connectivity index is 2.32. The zero-order chi connectivity index (χ0) is 14.7. The molecule has 0 unspecified atom stereocenters. The van der Waals surface area contributed by atoms with Crippen LogP contribution in [0.25, 0.3) is 0 Å². The van der Waals surface area contributed by atoms with Crippen molar-refractivity contribution in [2.75, 3.05) is 12.4 Å². The molecule has 0 saturated carbocycles. The Bertz CT molecular complexity index is 668. The predicted molar refractivity (Wildman–Crippen MR) is 77.2 cm³/mol. The van der Waals surface area contributed by atoms with E-state index in [1.807, 2.05) is 0 Å². The van der Waals surface area contributed by atoms with Gasteiger partial charge in [0.05, 0.1) is 18.4 Å². The van der Waals surface area contributed by atoms with Gasteiger partial charge in [-0.3, -0.25) is 4.79 Å². The molecule has 0 fully saturated rings. The summed E-state index contributed by atoms with van der Waals surface area (Å²) in [6.45, 7) is 0. The monoisotopic (exact) mass is 311 g/mol. The number of anilines is 1. The summed E-state index contributed by atoms with van der Waals surface area (Å²) in [4.78, 5) is 23.6. The number of carboxylic acids is 1. The standard InChI is InChI=1S/C13H10ClNO4S/c1-19-10-4-5-20-11(10)12(16)15-9-6-7(14)2-3-8(9)13(17)18/h2-6H,1H3,(H,15,16)(H,17,18). The number of halogens is 1. The second-order valence-corrected chi connectivity index (χ2v) is 5.12. The van der Waals surface area contributed by atoms with Gasteiger partial charge in [-0.1, -0.05) is 11.6 Å².